The van der Waals surface area contributed by atoms with Gasteiger partial charge in [0.05, 0.1) is 23.5 Å². The smallest absolute Gasteiger partial charge is 0.117 e. The van der Waals surface area contributed by atoms with E-state index in [2.05, 4.69) is 66.7 Å². The summed E-state index contributed by atoms with van der Waals surface area (Å²) in [6, 6.07) is 27.6. The Kier molecular flexibility index (Phi) is 5.02. The lowest BCUT2D eigenvalue weighted by molar-refractivity contribution is 0.848. The van der Waals surface area contributed by atoms with Gasteiger partial charge in [0.15, 0.2) is 0 Å². The molecule has 5 heteroatoms. The molecule has 0 saturated heterocycles. The fourth-order valence-electron chi connectivity index (χ4n) is 3.39. The number of aromatic nitrogens is 1. The highest BCUT2D eigenvalue weighted by atomic mass is 32.2. The van der Waals surface area contributed by atoms with Gasteiger partial charge in [-0.05, 0) is 23.3 Å². The molecule has 0 unspecified atom stereocenters. The minimum absolute atomic E-state index is 0.215. The van der Waals surface area contributed by atoms with Crippen molar-refractivity contribution in [1.29, 1.82) is 0 Å². The van der Waals surface area contributed by atoms with Crippen LogP contribution in [0.15, 0.2) is 88.8 Å². The Labute approximate surface area is 173 Å². The van der Waals surface area contributed by atoms with Crippen molar-refractivity contribution in [2.75, 3.05) is 11.5 Å². The van der Waals surface area contributed by atoms with Gasteiger partial charge < -0.3 is 0 Å². The van der Waals surface area contributed by atoms with E-state index in [1.165, 1.54) is 11.1 Å². The first-order valence-corrected chi connectivity index (χ1v) is 11.3. The van der Waals surface area contributed by atoms with Gasteiger partial charge >= 0.3 is 0 Å². The van der Waals surface area contributed by atoms with Gasteiger partial charge in [-0.15, -0.1) is 23.5 Å². The molecule has 28 heavy (non-hydrogen) atoms. The maximum absolute atomic E-state index is 4.93. The van der Waals surface area contributed by atoms with Crippen LogP contribution in [0.4, 0.5) is 0 Å². The molecule has 0 fully saturated rings. The van der Waals surface area contributed by atoms with Crippen LogP contribution in [0.1, 0.15) is 34.6 Å². The minimum atomic E-state index is 0.215. The molecule has 0 radical (unpaired) electrons. The molecular weight excluding hydrogens is 382 g/mol. The number of pyridine rings is 1. The fourth-order valence-corrected chi connectivity index (χ4v) is 5.49. The Balaban J connectivity index is 1.39. The van der Waals surface area contributed by atoms with Crippen LogP contribution >= 0.6 is 23.5 Å². The van der Waals surface area contributed by atoms with Crippen molar-refractivity contribution in [1.82, 2.24) is 4.98 Å². The van der Waals surface area contributed by atoms with Crippen LogP contribution in [0, 0.1) is 0 Å². The third kappa shape index (κ3) is 3.64. The lowest BCUT2D eigenvalue weighted by atomic mass is 10.1. The lowest BCUT2D eigenvalue weighted by Gasteiger charge is -2.05. The van der Waals surface area contributed by atoms with Gasteiger partial charge in [-0.1, -0.05) is 66.7 Å². The average molecular weight is 402 g/mol. The summed E-state index contributed by atoms with van der Waals surface area (Å²) >= 11 is 3.58. The molecule has 0 bridgehead atoms. The molecule has 1 aromatic heterocycles. The van der Waals surface area contributed by atoms with E-state index in [9.17, 15) is 0 Å². The second-order valence-electron chi connectivity index (χ2n) is 6.75. The third-order valence-electron chi connectivity index (χ3n) is 4.86. The molecule has 3 nitrogen and oxygen atoms in total. The van der Waals surface area contributed by atoms with Crippen molar-refractivity contribution in [2.45, 2.75) is 12.1 Å². The van der Waals surface area contributed by atoms with Crippen molar-refractivity contribution in [3.63, 3.8) is 0 Å². The number of aliphatic imine (C=N–C) groups is 2. The van der Waals surface area contributed by atoms with E-state index in [1.54, 1.807) is 23.5 Å². The molecule has 0 spiro atoms. The van der Waals surface area contributed by atoms with Crippen molar-refractivity contribution in [3.05, 3.63) is 101 Å². The summed E-state index contributed by atoms with van der Waals surface area (Å²) in [6.45, 7) is 0. The molecule has 2 aliphatic rings. The van der Waals surface area contributed by atoms with Crippen LogP contribution in [0.5, 0.6) is 0 Å². The molecule has 0 N–H and O–H groups in total. The number of benzene rings is 2. The highest BCUT2D eigenvalue weighted by molar-refractivity contribution is 8.15. The zero-order chi connectivity index (χ0) is 18.8. The molecule has 3 aromatic rings. The summed E-state index contributed by atoms with van der Waals surface area (Å²) in [5.41, 5.74) is 4.44. The van der Waals surface area contributed by atoms with Crippen LogP contribution in [-0.4, -0.2) is 26.6 Å². The zero-order valence-electron chi connectivity index (χ0n) is 15.2. The van der Waals surface area contributed by atoms with Crippen molar-refractivity contribution >= 4 is 33.6 Å². The molecule has 5 rings (SSSR count). The summed E-state index contributed by atoms with van der Waals surface area (Å²) in [7, 11) is 0. The van der Waals surface area contributed by atoms with Gasteiger partial charge in [-0.2, -0.15) is 0 Å². The summed E-state index contributed by atoms with van der Waals surface area (Å²) < 4.78 is 0. The van der Waals surface area contributed by atoms with Gasteiger partial charge in [-0.25, -0.2) is 4.98 Å². The molecule has 2 aliphatic heterocycles. The van der Waals surface area contributed by atoms with E-state index >= 15 is 0 Å². The molecule has 2 aromatic carbocycles. The molecule has 2 atom stereocenters. The van der Waals surface area contributed by atoms with Gasteiger partial charge in [0.2, 0.25) is 0 Å². The number of hydrogen-bond donors (Lipinski definition) is 0. The summed E-state index contributed by atoms with van der Waals surface area (Å²) in [5, 5.41) is 2.05. The Hall–Kier alpha value is -2.37. The second-order valence-corrected chi connectivity index (χ2v) is 8.77. The Morgan fingerprint density at radius 1 is 0.571 bits per heavy atom. The monoisotopic (exact) mass is 401 g/mol. The number of rotatable bonds is 4. The standard InChI is InChI=1S/C23H19N3S2/c1-3-8-16(9-4-1)20-14-27-22(25-20)18-12-7-13-19(24-18)23-26-21(15-28-23)17-10-5-2-6-11-17/h1-13,20-21H,14-15H2/t20-,21-/m0/s1. The highest BCUT2D eigenvalue weighted by Gasteiger charge is 2.24. The Bertz CT molecular complexity index is 951. The van der Waals surface area contributed by atoms with E-state index in [-0.39, 0.29) is 12.1 Å². The molecule has 0 aliphatic carbocycles. The summed E-state index contributed by atoms with van der Waals surface area (Å²) in [5.74, 6) is 1.94. The molecule has 0 saturated carbocycles. The molecule has 3 heterocycles. The Morgan fingerprint density at radius 2 is 1.04 bits per heavy atom. The molecule has 0 amide bonds. The third-order valence-corrected chi connectivity index (χ3v) is 7.00. The van der Waals surface area contributed by atoms with Crippen LogP contribution in [-0.2, 0) is 0 Å². The SMILES string of the molecule is c1ccc([C@@H]2CSC(c3cccc(C4=N[C@H](c5ccccc5)CS4)n3)=N2)cc1. The normalized spacial score (nSPS) is 21.4. The number of thioether (sulfide) groups is 2. The molecular formula is C23H19N3S2. The first kappa shape index (κ1) is 17.7. The number of nitrogens with zero attached hydrogens (tertiary/aromatic N) is 3. The van der Waals surface area contributed by atoms with Gasteiger partial charge in [0.1, 0.15) is 10.1 Å². The highest BCUT2D eigenvalue weighted by Crippen LogP contribution is 2.34. The van der Waals surface area contributed by atoms with Gasteiger partial charge in [-0.3, -0.25) is 9.98 Å². The minimum Gasteiger partial charge on any atom is -0.267 e. The van der Waals surface area contributed by atoms with Crippen LogP contribution in [0.3, 0.4) is 0 Å². The van der Waals surface area contributed by atoms with E-state index < -0.39 is 0 Å². The summed E-state index contributed by atoms with van der Waals surface area (Å²) in [6.07, 6.45) is 0. The first-order chi connectivity index (χ1) is 13.9. The maximum Gasteiger partial charge on any atom is 0.117 e. The van der Waals surface area contributed by atoms with E-state index in [0.717, 1.165) is 33.0 Å². The van der Waals surface area contributed by atoms with Gasteiger partial charge in [0.25, 0.3) is 0 Å². The van der Waals surface area contributed by atoms with Crippen molar-refractivity contribution in [2.24, 2.45) is 9.98 Å². The predicted octanol–water partition coefficient (Wildman–Crippen LogP) is 5.55. The topological polar surface area (TPSA) is 37.6 Å². The largest absolute Gasteiger partial charge is 0.267 e. The maximum atomic E-state index is 4.93. The Morgan fingerprint density at radius 3 is 1.50 bits per heavy atom. The van der Waals surface area contributed by atoms with E-state index in [4.69, 9.17) is 15.0 Å². The van der Waals surface area contributed by atoms with Gasteiger partial charge in [0, 0.05) is 11.5 Å². The van der Waals surface area contributed by atoms with Crippen LogP contribution in [0.2, 0.25) is 0 Å². The van der Waals surface area contributed by atoms with Crippen molar-refractivity contribution < 1.29 is 0 Å². The first-order valence-electron chi connectivity index (χ1n) is 9.36. The predicted molar refractivity (Wildman–Crippen MR) is 121 cm³/mol. The van der Waals surface area contributed by atoms with E-state index in [0.29, 0.717) is 0 Å². The summed E-state index contributed by atoms with van der Waals surface area (Å²) in [4.78, 5) is 14.7. The zero-order valence-corrected chi connectivity index (χ0v) is 16.9. The van der Waals surface area contributed by atoms with Crippen molar-refractivity contribution in [3.8, 4) is 0 Å². The van der Waals surface area contributed by atoms with E-state index in [1.807, 2.05) is 12.1 Å². The average Bonchev–Trinajstić information content (AvgIpc) is 3.46. The lowest BCUT2D eigenvalue weighted by Crippen LogP contribution is -2.03. The van der Waals surface area contributed by atoms with Crippen LogP contribution < -0.4 is 0 Å². The molecule has 138 valence electrons. The number of hydrogen-bond acceptors (Lipinski definition) is 5. The fraction of sp³-hybridized carbons (Fsp3) is 0.174. The van der Waals surface area contributed by atoms with Crippen LogP contribution in [0.25, 0.3) is 0 Å². The quantitative estimate of drug-likeness (QED) is 0.575. The second kappa shape index (κ2) is 7.94.